The zero-order chi connectivity index (χ0) is 31.2. The van der Waals surface area contributed by atoms with Crippen LogP contribution in [0.25, 0.3) is 31.9 Å². The highest BCUT2D eigenvalue weighted by Crippen LogP contribution is 2.41. The minimum absolute atomic E-state index is 0.131. The van der Waals surface area contributed by atoms with E-state index >= 15 is 0 Å². The molecule has 3 N–H and O–H groups in total. The summed E-state index contributed by atoms with van der Waals surface area (Å²) in [6.45, 7) is 21.6. The molecular formula is C36H31N3OS2. The van der Waals surface area contributed by atoms with Gasteiger partial charge >= 0.3 is 0 Å². The Balaban J connectivity index is 0.000000491. The average molecular weight is 586 g/mol. The van der Waals surface area contributed by atoms with Gasteiger partial charge in [0.25, 0.3) is 5.91 Å². The van der Waals surface area contributed by atoms with Crippen molar-refractivity contribution in [3.63, 3.8) is 0 Å². The topological polar surface area (TPSA) is 68.0 Å². The predicted octanol–water partition coefficient (Wildman–Crippen LogP) is 9.22. The molecule has 3 aromatic heterocycles. The molecule has 0 spiro atoms. The van der Waals surface area contributed by atoms with Gasteiger partial charge in [0.05, 0.1) is 16.3 Å². The van der Waals surface area contributed by atoms with Gasteiger partial charge < -0.3 is 11.1 Å². The lowest BCUT2D eigenvalue weighted by Crippen LogP contribution is -2.23. The first kappa shape index (κ1) is 34.6. The molecule has 0 saturated heterocycles. The second kappa shape index (κ2) is 20.4. The molecule has 0 radical (unpaired) electrons. The monoisotopic (exact) mass is 585 g/mol. The summed E-state index contributed by atoms with van der Waals surface area (Å²) in [6, 6.07) is 16.2. The van der Waals surface area contributed by atoms with Crippen LogP contribution in [0.5, 0.6) is 0 Å². The number of nitrogen functional groups attached to an aromatic ring is 1. The van der Waals surface area contributed by atoms with Crippen molar-refractivity contribution < 1.29 is 4.79 Å². The molecule has 0 atom stereocenters. The van der Waals surface area contributed by atoms with E-state index in [0.29, 0.717) is 17.1 Å². The van der Waals surface area contributed by atoms with E-state index in [1.807, 2.05) is 36.6 Å². The van der Waals surface area contributed by atoms with Gasteiger partial charge in [-0.2, -0.15) is 0 Å². The predicted molar refractivity (Wildman–Crippen MR) is 181 cm³/mol. The molecule has 0 saturated carbocycles. The highest BCUT2D eigenvalue weighted by atomic mass is 32.1. The number of nitrogens with zero attached hydrogens (tertiary/aromatic N) is 1. The number of hydrogen-bond acceptors (Lipinski definition) is 5. The second-order valence-corrected chi connectivity index (χ2v) is 9.46. The lowest BCUT2D eigenvalue weighted by Gasteiger charge is -2.08. The van der Waals surface area contributed by atoms with E-state index in [2.05, 4.69) is 121 Å². The van der Waals surface area contributed by atoms with E-state index in [4.69, 9.17) is 10.7 Å². The molecule has 0 bridgehead atoms. The molecule has 1 aromatic carbocycles. The van der Waals surface area contributed by atoms with Gasteiger partial charge in [0, 0.05) is 11.9 Å². The molecule has 1 amide bonds. The van der Waals surface area contributed by atoms with Crippen LogP contribution < -0.4 is 11.1 Å². The third-order valence-corrected chi connectivity index (χ3v) is 6.83. The Kier molecular flexibility index (Phi) is 16.8. The number of pyridine rings is 1. The number of fused-ring (bicyclic) bond motifs is 1. The Labute approximate surface area is 255 Å². The molecule has 0 unspecified atom stereocenters. The summed E-state index contributed by atoms with van der Waals surface area (Å²) < 4.78 is 0. The molecule has 208 valence electrons. The van der Waals surface area contributed by atoms with Gasteiger partial charge in [-0.3, -0.25) is 4.79 Å². The lowest BCUT2D eigenvalue weighted by molar-refractivity contribution is 0.0958. The minimum Gasteiger partial charge on any atom is -0.397 e. The van der Waals surface area contributed by atoms with E-state index < -0.39 is 0 Å². The Bertz CT molecular complexity index is 1770. The second-order valence-electron chi connectivity index (χ2n) is 7.51. The molecule has 42 heavy (non-hydrogen) atoms. The number of amides is 1. The third-order valence-electron chi connectivity index (χ3n) is 4.84. The molecule has 4 aromatic rings. The fraction of sp³-hybridized carbons (Fsp3) is 0.0833. The summed E-state index contributed by atoms with van der Waals surface area (Å²) >= 11 is 3.01. The number of nitrogens with one attached hydrogen (secondary N) is 1. The number of benzene rings is 1. The summed E-state index contributed by atoms with van der Waals surface area (Å²) in [5.41, 5.74) is 31.5. The van der Waals surface area contributed by atoms with Crippen LogP contribution >= 0.6 is 22.7 Å². The number of thiophene rings is 2. The van der Waals surface area contributed by atoms with Crippen molar-refractivity contribution in [1.82, 2.24) is 10.3 Å². The normalized spacial score (nSPS) is 8.21. The van der Waals surface area contributed by atoms with E-state index in [0.717, 1.165) is 38.3 Å². The number of carbonyl (C=O) groups is 1. The zero-order valence-corrected chi connectivity index (χ0v) is 25.2. The number of hydrogen-bond donors (Lipinski definition) is 2. The summed E-state index contributed by atoms with van der Waals surface area (Å²) in [4.78, 5) is 19.8. The van der Waals surface area contributed by atoms with E-state index in [1.165, 1.54) is 11.3 Å². The zero-order valence-electron chi connectivity index (χ0n) is 23.6. The van der Waals surface area contributed by atoms with Gasteiger partial charge in [-0.15, -0.1) is 35.8 Å². The van der Waals surface area contributed by atoms with Gasteiger partial charge in [-0.1, -0.05) is 66.2 Å². The van der Waals surface area contributed by atoms with Crippen molar-refractivity contribution in [3.8, 4) is 21.7 Å². The maximum atomic E-state index is 12.5. The maximum Gasteiger partial charge on any atom is 0.263 e. The van der Waals surface area contributed by atoms with Gasteiger partial charge in [0.2, 0.25) is 0 Å². The molecule has 3 heterocycles. The number of nitrogens with two attached hydrogens (primary N) is 1. The Hall–Kier alpha value is -5.46. The molecule has 4 nitrogen and oxygen atoms in total. The summed E-state index contributed by atoms with van der Waals surface area (Å²) in [5, 5.41) is 5.81. The minimum atomic E-state index is -0.131. The smallest absolute Gasteiger partial charge is 0.263 e. The SMILES string of the molecule is C=C.C=C=C=C=C.C=C=C=C=C=C=C=C.CCCNC(=O)c1sc2nc(-c3cccs3)cc(-c3ccccc3)c2c1N. The standard InChI is InChI=1S/C21H19N3OS2.C8H4.C5H4.C2H4/c1-2-10-23-20(25)19-18(22)17-14(13-7-4-3-5-8-13)12-15(24-21(17)27-19)16-9-6-11-26-16;1-3-5-7-8-6-4-2;1-3-5-4-2;1-2/h3-9,11-12H,2,10,22H2,1H3,(H,23,25);1-2H2;1-2H2;1-2H2. The van der Waals surface area contributed by atoms with E-state index in [9.17, 15) is 4.79 Å². The fourth-order valence-electron chi connectivity index (χ4n) is 3.22. The highest BCUT2D eigenvalue weighted by molar-refractivity contribution is 7.21. The van der Waals surface area contributed by atoms with E-state index in [1.54, 1.807) is 11.3 Å². The van der Waals surface area contributed by atoms with Crippen LogP contribution in [0.3, 0.4) is 0 Å². The molecule has 0 aliphatic rings. The summed E-state index contributed by atoms with van der Waals surface area (Å²) in [7, 11) is 0. The largest absolute Gasteiger partial charge is 0.397 e. The third kappa shape index (κ3) is 10.6. The van der Waals surface area contributed by atoms with Gasteiger partial charge in [0.1, 0.15) is 9.71 Å². The van der Waals surface area contributed by atoms with Crippen molar-refractivity contribution in [1.29, 1.82) is 0 Å². The van der Waals surface area contributed by atoms with Crippen LogP contribution in [0.2, 0.25) is 0 Å². The van der Waals surface area contributed by atoms with Gasteiger partial charge in [-0.25, -0.2) is 4.98 Å². The van der Waals surface area contributed by atoms with Crippen molar-refractivity contribution in [2.75, 3.05) is 12.3 Å². The van der Waals surface area contributed by atoms with Crippen molar-refractivity contribution >= 4 is 44.5 Å². The van der Waals surface area contributed by atoms with Crippen LogP contribution in [0.15, 0.2) is 145 Å². The van der Waals surface area contributed by atoms with Crippen LogP contribution in [-0.2, 0) is 0 Å². The van der Waals surface area contributed by atoms with Gasteiger partial charge in [0.15, 0.2) is 0 Å². The maximum absolute atomic E-state index is 12.5. The van der Waals surface area contributed by atoms with Crippen molar-refractivity contribution in [2.24, 2.45) is 0 Å². The average Bonchev–Trinajstić information content (AvgIpc) is 3.69. The van der Waals surface area contributed by atoms with Crippen molar-refractivity contribution in [2.45, 2.75) is 13.3 Å². The first-order chi connectivity index (χ1) is 20.5. The van der Waals surface area contributed by atoms with Crippen LogP contribution in [0.4, 0.5) is 5.69 Å². The van der Waals surface area contributed by atoms with E-state index in [-0.39, 0.29) is 5.91 Å². The molecule has 0 aliphatic carbocycles. The van der Waals surface area contributed by atoms with Crippen LogP contribution in [0, 0.1) is 0 Å². The first-order valence-electron chi connectivity index (χ1n) is 12.5. The first-order valence-corrected chi connectivity index (χ1v) is 14.2. The number of carbonyl (C=O) groups excluding carboxylic acids is 1. The molecule has 4 rings (SSSR count). The Morgan fingerprint density at radius 2 is 1.52 bits per heavy atom. The fourth-order valence-corrected chi connectivity index (χ4v) is 4.94. The van der Waals surface area contributed by atoms with Gasteiger partial charge in [-0.05, 0) is 90.0 Å². The Morgan fingerprint density at radius 1 is 0.905 bits per heavy atom. The number of anilines is 1. The molecule has 6 heteroatoms. The molecule has 0 aliphatic heterocycles. The summed E-state index contributed by atoms with van der Waals surface area (Å²) in [6.07, 6.45) is 0.882. The number of rotatable bonds is 5. The lowest BCUT2D eigenvalue weighted by atomic mass is 10.0. The van der Waals surface area contributed by atoms with Crippen LogP contribution in [0.1, 0.15) is 23.0 Å². The quantitative estimate of drug-likeness (QED) is 0.181. The highest BCUT2D eigenvalue weighted by Gasteiger charge is 2.21. The number of aromatic nitrogens is 1. The van der Waals surface area contributed by atoms with Crippen molar-refractivity contribution in [3.05, 3.63) is 150 Å². The molecular weight excluding hydrogens is 555 g/mol. The summed E-state index contributed by atoms with van der Waals surface area (Å²) in [5.74, 6) is -0.131. The Morgan fingerprint density at radius 3 is 2.02 bits per heavy atom. The van der Waals surface area contributed by atoms with Crippen LogP contribution in [-0.4, -0.2) is 17.4 Å². The molecule has 0 fully saturated rings.